The number of nitrogens with one attached hydrogen (secondary N) is 1. The second kappa shape index (κ2) is 4.33. The van der Waals surface area contributed by atoms with Gasteiger partial charge in [0.1, 0.15) is 0 Å². The fourth-order valence-electron chi connectivity index (χ4n) is 1.71. The fourth-order valence-corrected chi connectivity index (χ4v) is 1.71. The lowest BCUT2D eigenvalue weighted by atomic mass is 10.1. The molecule has 0 amide bonds. The van der Waals surface area contributed by atoms with Crippen molar-refractivity contribution in [3.05, 3.63) is 47.2 Å². The Morgan fingerprint density at radius 1 is 1.18 bits per heavy atom. The van der Waals surface area contributed by atoms with Crippen LogP contribution in [0.2, 0.25) is 0 Å². The summed E-state index contributed by atoms with van der Waals surface area (Å²) in [5.41, 5.74) is 3.16. The lowest BCUT2D eigenvalue weighted by molar-refractivity contribution is 0.0663. The summed E-state index contributed by atoms with van der Waals surface area (Å²) in [6.45, 7) is 4.01. The van der Waals surface area contributed by atoms with Crippen LogP contribution < -0.4 is 5.32 Å². The summed E-state index contributed by atoms with van der Waals surface area (Å²) < 4.78 is 5.12. The lowest BCUT2D eigenvalue weighted by Gasteiger charge is -2.05. The predicted molar refractivity (Wildman–Crippen MR) is 64.9 cm³/mol. The zero-order chi connectivity index (χ0) is 12.4. The first kappa shape index (κ1) is 11.3. The molecule has 0 fully saturated rings. The van der Waals surface area contributed by atoms with Gasteiger partial charge in [-0.1, -0.05) is 6.07 Å². The molecule has 0 aliphatic carbocycles. The van der Waals surface area contributed by atoms with Crippen molar-refractivity contribution in [2.75, 3.05) is 5.32 Å². The van der Waals surface area contributed by atoms with Crippen molar-refractivity contribution in [2.45, 2.75) is 13.8 Å². The highest BCUT2D eigenvalue weighted by atomic mass is 16.4. The summed E-state index contributed by atoms with van der Waals surface area (Å²) in [7, 11) is 0. The molecule has 0 bridgehead atoms. The number of aryl methyl sites for hydroxylation is 2. The standard InChI is InChI=1S/C13H13NO3/c1-8-5-9(2)7-10(6-8)14-12-4-3-11(17-12)13(15)16/h3-7,14H,1-2H3,(H,15,16). The Hall–Kier alpha value is -2.23. The van der Waals surface area contributed by atoms with Crippen LogP contribution in [0.3, 0.4) is 0 Å². The molecule has 0 aliphatic heterocycles. The molecule has 4 heteroatoms. The Morgan fingerprint density at radius 2 is 1.82 bits per heavy atom. The van der Waals surface area contributed by atoms with E-state index >= 15 is 0 Å². The van der Waals surface area contributed by atoms with Crippen LogP contribution in [-0.2, 0) is 0 Å². The molecule has 2 N–H and O–H groups in total. The minimum Gasteiger partial charge on any atom is -0.475 e. The van der Waals surface area contributed by atoms with Crippen LogP contribution in [-0.4, -0.2) is 11.1 Å². The number of carboxylic acid groups (broad SMARTS) is 1. The van der Waals surface area contributed by atoms with Crippen LogP contribution in [0.15, 0.2) is 34.7 Å². The van der Waals surface area contributed by atoms with Gasteiger partial charge in [-0.2, -0.15) is 0 Å². The van der Waals surface area contributed by atoms with Crippen LogP contribution in [0.4, 0.5) is 11.6 Å². The minimum absolute atomic E-state index is 0.0723. The summed E-state index contributed by atoms with van der Waals surface area (Å²) >= 11 is 0. The first-order valence-electron chi connectivity index (χ1n) is 5.23. The van der Waals surface area contributed by atoms with Crippen LogP contribution >= 0.6 is 0 Å². The van der Waals surface area contributed by atoms with Gasteiger partial charge in [0, 0.05) is 11.8 Å². The number of hydrogen-bond acceptors (Lipinski definition) is 3. The van der Waals surface area contributed by atoms with E-state index in [1.54, 1.807) is 6.07 Å². The highest BCUT2D eigenvalue weighted by Gasteiger charge is 2.08. The normalized spacial score (nSPS) is 10.2. The second-order valence-corrected chi connectivity index (χ2v) is 3.97. The third-order valence-corrected chi connectivity index (χ3v) is 2.31. The zero-order valence-corrected chi connectivity index (χ0v) is 9.65. The highest BCUT2D eigenvalue weighted by Crippen LogP contribution is 2.21. The zero-order valence-electron chi connectivity index (χ0n) is 9.65. The predicted octanol–water partition coefficient (Wildman–Crippen LogP) is 3.34. The summed E-state index contributed by atoms with van der Waals surface area (Å²) in [5.74, 6) is -0.720. The summed E-state index contributed by atoms with van der Waals surface area (Å²) in [4.78, 5) is 10.7. The van der Waals surface area contributed by atoms with Gasteiger partial charge in [0.05, 0.1) is 0 Å². The molecule has 2 rings (SSSR count). The third kappa shape index (κ3) is 2.66. The van der Waals surface area contributed by atoms with Crippen molar-refractivity contribution >= 4 is 17.5 Å². The van der Waals surface area contributed by atoms with Gasteiger partial charge < -0.3 is 14.8 Å². The largest absolute Gasteiger partial charge is 0.475 e. The highest BCUT2D eigenvalue weighted by molar-refractivity contribution is 5.85. The van der Waals surface area contributed by atoms with Crippen molar-refractivity contribution in [2.24, 2.45) is 0 Å². The number of hydrogen-bond donors (Lipinski definition) is 2. The molecule has 1 aromatic heterocycles. The van der Waals surface area contributed by atoms with Gasteiger partial charge in [-0.3, -0.25) is 0 Å². The molecular formula is C13H13NO3. The molecule has 88 valence electrons. The number of furan rings is 1. The molecule has 17 heavy (non-hydrogen) atoms. The van der Waals surface area contributed by atoms with Gasteiger partial charge >= 0.3 is 5.97 Å². The average Bonchev–Trinajstić information content (AvgIpc) is 2.64. The Labute approximate surface area is 98.9 Å². The van der Waals surface area contributed by atoms with Crippen LogP contribution in [0.25, 0.3) is 0 Å². The van der Waals surface area contributed by atoms with E-state index in [-0.39, 0.29) is 5.76 Å². The van der Waals surface area contributed by atoms with Gasteiger partial charge in [0.15, 0.2) is 5.88 Å². The monoisotopic (exact) mass is 231 g/mol. The maximum atomic E-state index is 10.7. The maximum absolute atomic E-state index is 10.7. The van der Waals surface area contributed by atoms with Crippen molar-refractivity contribution in [1.29, 1.82) is 0 Å². The van der Waals surface area contributed by atoms with Crippen LogP contribution in [0.1, 0.15) is 21.7 Å². The molecule has 2 aromatic rings. The third-order valence-electron chi connectivity index (χ3n) is 2.31. The number of carboxylic acids is 1. The molecule has 0 saturated heterocycles. The number of aromatic carboxylic acids is 1. The van der Waals surface area contributed by atoms with E-state index in [1.165, 1.54) is 6.07 Å². The molecular weight excluding hydrogens is 218 g/mol. The van der Waals surface area contributed by atoms with E-state index in [2.05, 4.69) is 11.4 Å². The van der Waals surface area contributed by atoms with E-state index in [9.17, 15) is 4.79 Å². The molecule has 0 radical (unpaired) electrons. The van der Waals surface area contributed by atoms with E-state index in [1.807, 2.05) is 26.0 Å². The van der Waals surface area contributed by atoms with Gasteiger partial charge in [-0.15, -0.1) is 0 Å². The molecule has 0 atom stereocenters. The van der Waals surface area contributed by atoms with Crippen molar-refractivity contribution in [1.82, 2.24) is 0 Å². The molecule has 0 unspecified atom stereocenters. The summed E-state index contributed by atoms with van der Waals surface area (Å²) in [6, 6.07) is 9.02. The molecule has 4 nitrogen and oxygen atoms in total. The lowest BCUT2D eigenvalue weighted by Crippen LogP contribution is -1.93. The molecule has 1 heterocycles. The molecule has 0 spiro atoms. The topological polar surface area (TPSA) is 62.5 Å². The van der Waals surface area contributed by atoms with E-state index in [0.717, 1.165) is 16.8 Å². The first-order chi connectivity index (χ1) is 8.04. The van der Waals surface area contributed by atoms with Crippen molar-refractivity contribution < 1.29 is 14.3 Å². The quantitative estimate of drug-likeness (QED) is 0.850. The molecule has 0 aliphatic rings. The van der Waals surface area contributed by atoms with Gasteiger partial charge in [-0.05, 0) is 43.2 Å². The average molecular weight is 231 g/mol. The number of carbonyl (C=O) groups is 1. The molecule has 0 saturated carbocycles. The SMILES string of the molecule is Cc1cc(C)cc(Nc2ccc(C(=O)O)o2)c1. The van der Waals surface area contributed by atoms with Crippen molar-refractivity contribution in [3.8, 4) is 0 Å². The number of anilines is 2. The Bertz CT molecular complexity index is 537. The Morgan fingerprint density at radius 3 is 2.35 bits per heavy atom. The smallest absolute Gasteiger partial charge is 0.371 e. The first-order valence-corrected chi connectivity index (χ1v) is 5.23. The maximum Gasteiger partial charge on any atom is 0.371 e. The van der Waals surface area contributed by atoms with Crippen LogP contribution in [0.5, 0.6) is 0 Å². The second-order valence-electron chi connectivity index (χ2n) is 3.97. The van der Waals surface area contributed by atoms with E-state index < -0.39 is 5.97 Å². The Kier molecular flexibility index (Phi) is 2.87. The Balaban J connectivity index is 2.22. The number of benzene rings is 1. The minimum atomic E-state index is -1.07. The van der Waals surface area contributed by atoms with Gasteiger partial charge in [0.2, 0.25) is 5.76 Å². The van der Waals surface area contributed by atoms with Crippen molar-refractivity contribution in [3.63, 3.8) is 0 Å². The van der Waals surface area contributed by atoms with Crippen LogP contribution in [0, 0.1) is 13.8 Å². The number of rotatable bonds is 3. The van der Waals surface area contributed by atoms with Gasteiger partial charge in [-0.25, -0.2) is 4.79 Å². The van der Waals surface area contributed by atoms with E-state index in [4.69, 9.17) is 9.52 Å². The molecule has 1 aromatic carbocycles. The van der Waals surface area contributed by atoms with E-state index in [0.29, 0.717) is 5.88 Å². The summed E-state index contributed by atoms with van der Waals surface area (Å²) in [5, 5.41) is 11.8. The summed E-state index contributed by atoms with van der Waals surface area (Å²) in [6.07, 6.45) is 0. The fraction of sp³-hybridized carbons (Fsp3) is 0.154. The van der Waals surface area contributed by atoms with Gasteiger partial charge in [0.25, 0.3) is 0 Å².